The van der Waals surface area contributed by atoms with Gasteiger partial charge in [0.1, 0.15) is 0 Å². The van der Waals surface area contributed by atoms with Gasteiger partial charge in [0, 0.05) is 51.9 Å². The third-order valence-corrected chi connectivity index (χ3v) is 6.14. The zero-order chi connectivity index (χ0) is 20.1. The first kappa shape index (κ1) is 20.2. The Labute approximate surface area is 178 Å². The molecule has 0 bridgehead atoms. The maximum Gasteiger partial charge on any atom is 0.234 e. The van der Waals surface area contributed by atoms with Gasteiger partial charge in [0.25, 0.3) is 0 Å². The van der Waals surface area contributed by atoms with Gasteiger partial charge in [-0.15, -0.1) is 0 Å². The molecule has 4 rings (SSSR count). The lowest BCUT2D eigenvalue weighted by molar-refractivity contribution is -0.122. The van der Waals surface area contributed by atoms with Crippen molar-refractivity contribution in [3.8, 4) is 0 Å². The van der Waals surface area contributed by atoms with Crippen LogP contribution in [0.4, 0.5) is 5.69 Å². The van der Waals surface area contributed by atoms with Crippen LogP contribution in [0.2, 0.25) is 5.02 Å². The highest BCUT2D eigenvalue weighted by molar-refractivity contribution is 6.33. The lowest BCUT2D eigenvalue weighted by atomic mass is 10.2. The van der Waals surface area contributed by atoms with Gasteiger partial charge in [-0.05, 0) is 24.1 Å². The van der Waals surface area contributed by atoms with Crippen molar-refractivity contribution in [2.45, 2.75) is 19.0 Å². The second kappa shape index (κ2) is 9.61. The zero-order valence-electron chi connectivity index (χ0n) is 16.8. The van der Waals surface area contributed by atoms with E-state index in [1.165, 1.54) is 5.56 Å². The van der Waals surface area contributed by atoms with Crippen LogP contribution in [0.3, 0.4) is 0 Å². The third-order valence-electron chi connectivity index (χ3n) is 5.82. The predicted octanol–water partition coefficient (Wildman–Crippen LogP) is 2.85. The van der Waals surface area contributed by atoms with Crippen LogP contribution in [0.15, 0.2) is 54.6 Å². The number of para-hydroxylation sites is 1. The number of anilines is 1. The number of amides is 1. The zero-order valence-corrected chi connectivity index (χ0v) is 17.5. The third kappa shape index (κ3) is 5.50. The van der Waals surface area contributed by atoms with Crippen LogP contribution in [0.25, 0.3) is 0 Å². The van der Waals surface area contributed by atoms with Crippen molar-refractivity contribution in [2.24, 2.45) is 0 Å². The molecule has 2 aromatic carbocycles. The van der Waals surface area contributed by atoms with Gasteiger partial charge in [-0.1, -0.05) is 54.1 Å². The Morgan fingerprint density at radius 2 is 1.66 bits per heavy atom. The molecule has 0 unspecified atom stereocenters. The summed E-state index contributed by atoms with van der Waals surface area (Å²) >= 11 is 6.31. The fourth-order valence-corrected chi connectivity index (χ4v) is 4.52. The summed E-state index contributed by atoms with van der Waals surface area (Å²) in [6, 6.07) is 18.8. The number of hydrogen-bond donors (Lipinski definition) is 1. The van der Waals surface area contributed by atoms with Crippen molar-refractivity contribution >= 4 is 23.2 Å². The summed E-state index contributed by atoms with van der Waals surface area (Å²) in [5.41, 5.74) is 2.42. The first-order valence-corrected chi connectivity index (χ1v) is 10.8. The number of carbonyl (C=O) groups is 1. The Kier molecular flexibility index (Phi) is 6.70. The summed E-state index contributed by atoms with van der Waals surface area (Å²) in [6.07, 6.45) is 1.03. The van der Waals surface area contributed by atoms with E-state index in [4.69, 9.17) is 11.6 Å². The van der Waals surface area contributed by atoms with Crippen molar-refractivity contribution < 1.29 is 4.79 Å². The molecule has 5 nitrogen and oxygen atoms in total. The van der Waals surface area contributed by atoms with E-state index in [9.17, 15) is 4.79 Å². The SMILES string of the molecule is O=C(CN1CCN(c2ccccc2Cl)CC1)N[C@@H]1CCN(Cc2ccccc2)C1. The Bertz CT molecular complexity index is 808. The fraction of sp³-hybridized carbons (Fsp3) is 0.435. The maximum absolute atomic E-state index is 12.5. The van der Waals surface area contributed by atoms with E-state index in [1.807, 2.05) is 24.3 Å². The molecule has 2 saturated heterocycles. The van der Waals surface area contributed by atoms with Crippen LogP contribution < -0.4 is 10.2 Å². The average molecular weight is 413 g/mol. The van der Waals surface area contributed by atoms with Crippen LogP contribution in [0, 0.1) is 0 Å². The molecule has 0 spiro atoms. The minimum atomic E-state index is 0.141. The second-order valence-corrected chi connectivity index (χ2v) is 8.40. The smallest absolute Gasteiger partial charge is 0.234 e. The standard InChI is InChI=1S/C23H29ClN4O/c24-21-8-4-5-9-22(21)28-14-12-26(13-15-28)18-23(29)25-20-10-11-27(17-20)16-19-6-2-1-3-7-19/h1-9,20H,10-18H2,(H,25,29)/t20-/m1/s1. The van der Waals surface area contributed by atoms with Gasteiger partial charge in [0.15, 0.2) is 0 Å². The van der Waals surface area contributed by atoms with Crippen LogP contribution >= 0.6 is 11.6 Å². The van der Waals surface area contributed by atoms with Crippen molar-refractivity contribution in [1.82, 2.24) is 15.1 Å². The highest BCUT2D eigenvalue weighted by Gasteiger charge is 2.25. The second-order valence-electron chi connectivity index (χ2n) is 7.99. The fourth-order valence-electron chi connectivity index (χ4n) is 4.27. The molecule has 1 amide bonds. The summed E-state index contributed by atoms with van der Waals surface area (Å²) < 4.78 is 0. The lowest BCUT2D eigenvalue weighted by Gasteiger charge is -2.36. The number of nitrogens with one attached hydrogen (secondary N) is 1. The highest BCUT2D eigenvalue weighted by Crippen LogP contribution is 2.26. The van der Waals surface area contributed by atoms with Gasteiger partial charge < -0.3 is 10.2 Å². The number of piperazine rings is 1. The average Bonchev–Trinajstić information content (AvgIpc) is 3.16. The minimum absolute atomic E-state index is 0.141. The number of benzene rings is 2. The molecule has 29 heavy (non-hydrogen) atoms. The molecule has 1 N–H and O–H groups in total. The Morgan fingerprint density at radius 1 is 0.931 bits per heavy atom. The van der Waals surface area contributed by atoms with Crippen molar-refractivity contribution in [2.75, 3.05) is 50.7 Å². The quantitative estimate of drug-likeness (QED) is 0.791. The first-order chi connectivity index (χ1) is 14.2. The van der Waals surface area contributed by atoms with Gasteiger partial charge in [-0.3, -0.25) is 14.6 Å². The van der Waals surface area contributed by atoms with Gasteiger partial charge >= 0.3 is 0 Å². The van der Waals surface area contributed by atoms with E-state index in [-0.39, 0.29) is 11.9 Å². The number of rotatable bonds is 6. The summed E-state index contributed by atoms with van der Waals surface area (Å²) in [4.78, 5) is 19.5. The molecule has 2 aromatic rings. The van der Waals surface area contributed by atoms with E-state index in [1.54, 1.807) is 0 Å². The Morgan fingerprint density at radius 3 is 2.41 bits per heavy atom. The number of halogens is 1. The summed E-state index contributed by atoms with van der Waals surface area (Å²) in [7, 11) is 0. The lowest BCUT2D eigenvalue weighted by Crippen LogP contribution is -2.50. The number of likely N-dealkylation sites (tertiary alicyclic amines) is 1. The van der Waals surface area contributed by atoms with Gasteiger partial charge in [-0.25, -0.2) is 0 Å². The summed E-state index contributed by atoms with van der Waals surface area (Å²) in [5.74, 6) is 0.141. The molecule has 0 saturated carbocycles. The van der Waals surface area contributed by atoms with E-state index in [0.717, 1.165) is 62.9 Å². The number of hydrogen-bond acceptors (Lipinski definition) is 4. The summed E-state index contributed by atoms with van der Waals surface area (Å²) in [6.45, 7) is 6.95. The van der Waals surface area contributed by atoms with E-state index in [2.05, 4.69) is 50.3 Å². The van der Waals surface area contributed by atoms with Gasteiger partial charge in [-0.2, -0.15) is 0 Å². The maximum atomic E-state index is 12.5. The number of carbonyl (C=O) groups excluding carboxylic acids is 1. The van der Waals surface area contributed by atoms with Crippen molar-refractivity contribution in [3.05, 3.63) is 65.2 Å². The van der Waals surface area contributed by atoms with Crippen molar-refractivity contribution in [3.63, 3.8) is 0 Å². The Balaban J connectivity index is 1.19. The van der Waals surface area contributed by atoms with Crippen LogP contribution in [0.1, 0.15) is 12.0 Å². The molecular weight excluding hydrogens is 384 g/mol. The molecule has 2 heterocycles. The first-order valence-electron chi connectivity index (χ1n) is 10.4. The number of nitrogens with zero attached hydrogens (tertiary/aromatic N) is 3. The minimum Gasteiger partial charge on any atom is -0.368 e. The molecule has 0 radical (unpaired) electrons. The molecule has 2 aliphatic heterocycles. The van der Waals surface area contributed by atoms with Crippen LogP contribution in [0.5, 0.6) is 0 Å². The molecule has 1 atom stereocenters. The molecule has 2 aliphatic rings. The topological polar surface area (TPSA) is 38.8 Å². The van der Waals surface area contributed by atoms with Crippen molar-refractivity contribution in [1.29, 1.82) is 0 Å². The van der Waals surface area contributed by atoms with Crippen LogP contribution in [-0.4, -0.2) is 67.6 Å². The monoisotopic (exact) mass is 412 g/mol. The van der Waals surface area contributed by atoms with E-state index >= 15 is 0 Å². The van der Waals surface area contributed by atoms with E-state index < -0.39 is 0 Å². The molecule has 0 aromatic heterocycles. The largest absolute Gasteiger partial charge is 0.368 e. The predicted molar refractivity (Wildman–Crippen MR) is 118 cm³/mol. The molecule has 2 fully saturated rings. The molecule has 6 heteroatoms. The highest BCUT2D eigenvalue weighted by atomic mass is 35.5. The van der Waals surface area contributed by atoms with Crippen LogP contribution in [-0.2, 0) is 11.3 Å². The molecule has 0 aliphatic carbocycles. The van der Waals surface area contributed by atoms with E-state index in [0.29, 0.717) is 6.54 Å². The van der Waals surface area contributed by atoms with Gasteiger partial charge in [0.2, 0.25) is 5.91 Å². The normalized spacial score (nSPS) is 20.7. The van der Waals surface area contributed by atoms with Gasteiger partial charge in [0.05, 0.1) is 17.3 Å². The summed E-state index contributed by atoms with van der Waals surface area (Å²) in [5, 5.41) is 4.03. The molecule has 154 valence electrons. The Hall–Kier alpha value is -2.08. The molecular formula is C23H29ClN4O.